The van der Waals surface area contributed by atoms with Gasteiger partial charge in [0.2, 0.25) is 5.91 Å². The molecule has 0 saturated heterocycles. The molecule has 0 aromatic heterocycles. The van der Waals surface area contributed by atoms with Crippen molar-refractivity contribution < 1.29 is 9.63 Å². The van der Waals surface area contributed by atoms with Crippen molar-refractivity contribution in [2.24, 2.45) is 0 Å². The molecule has 0 aliphatic rings. The fraction of sp³-hybridized carbons (Fsp3) is 0.240. The van der Waals surface area contributed by atoms with Gasteiger partial charge in [-0.15, -0.1) is 0 Å². The highest BCUT2D eigenvalue weighted by atomic mass is 16.7. The fourth-order valence-corrected chi connectivity index (χ4v) is 3.06. The molecule has 1 amide bonds. The normalized spacial score (nSPS) is 10.6. The molecule has 3 rings (SSSR count). The predicted molar refractivity (Wildman–Crippen MR) is 112 cm³/mol. The molecule has 0 atom stereocenters. The van der Waals surface area contributed by atoms with Crippen molar-refractivity contribution in [1.29, 1.82) is 0 Å². The maximum absolute atomic E-state index is 12.8. The van der Waals surface area contributed by atoms with Crippen LogP contribution in [0.15, 0.2) is 91.0 Å². The van der Waals surface area contributed by atoms with E-state index in [1.165, 1.54) is 10.6 Å². The molecule has 0 unspecified atom stereocenters. The second-order valence-electron chi connectivity index (χ2n) is 6.87. The van der Waals surface area contributed by atoms with Crippen molar-refractivity contribution >= 4 is 5.91 Å². The first-order valence-corrected chi connectivity index (χ1v) is 9.86. The molecule has 28 heavy (non-hydrogen) atoms. The molecule has 0 radical (unpaired) electrons. The van der Waals surface area contributed by atoms with Gasteiger partial charge in [-0.2, -0.15) is 0 Å². The van der Waals surface area contributed by atoms with Gasteiger partial charge in [0.05, 0.1) is 6.54 Å². The van der Waals surface area contributed by atoms with Gasteiger partial charge in [-0.05, 0) is 36.0 Å². The number of carbonyl (C=O) groups is 1. The van der Waals surface area contributed by atoms with Gasteiger partial charge in [0.25, 0.3) is 0 Å². The molecular weight excluding hydrogens is 346 g/mol. The van der Waals surface area contributed by atoms with Crippen LogP contribution in [0.25, 0.3) is 0 Å². The molecule has 144 valence electrons. The Kier molecular flexibility index (Phi) is 7.83. The maximum Gasteiger partial charge on any atom is 0.246 e. The van der Waals surface area contributed by atoms with E-state index in [-0.39, 0.29) is 5.91 Å². The Balaban J connectivity index is 1.52. The summed E-state index contributed by atoms with van der Waals surface area (Å²) in [7, 11) is 0. The van der Waals surface area contributed by atoms with Crippen LogP contribution >= 0.6 is 0 Å². The maximum atomic E-state index is 12.8. The minimum atomic E-state index is 0.0350. The summed E-state index contributed by atoms with van der Waals surface area (Å²) in [5, 5.41) is 1.52. The van der Waals surface area contributed by atoms with Crippen LogP contribution in [0.3, 0.4) is 0 Å². The minimum absolute atomic E-state index is 0.0350. The molecule has 0 heterocycles. The lowest BCUT2D eigenvalue weighted by Crippen LogP contribution is -2.30. The van der Waals surface area contributed by atoms with E-state index in [1.807, 2.05) is 66.7 Å². The molecule has 0 aliphatic heterocycles. The number of benzene rings is 3. The van der Waals surface area contributed by atoms with Gasteiger partial charge in [0, 0.05) is 6.42 Å². The summed E-state index contributed by atoms with van der Waals surface area (Å²) in [5.74, 6) is 0.0350. The van der Waals surface area contributed by atoms with Gasteiger partial charge < -0.3 is 0 Å². The molecular formula is C25H27NO2. The molecule has 0 bridgehead atoms. The zero-order chi connectivity index (χ0) is 19.4. The molecule has 0 N–H and O–H groups in total. The van der Waals surface area contributed by atoms with Crippen LogP contribution < -0.4 is 0 Å². The van der Waals surface area contributed by atoms with Crippen molar-refractivity contribution in [3.8, 4) is 0 Å². The molecule has 3 aromatic carbocycles. The van der Waals surface area contributed by atoms with Crippen molar-refractivity contribution in [3.63, 3.8) is 0 Å². The van der Waals surface area contributed by atoms with E-state index in [2.05, 4.69) is 24.3 Å². The Morgan fingerprint density at radius 2 is 1.21 bits per heavy atom. The van der Waals surface area contributed by atoms with E-state index in [0.717, 1.165) is 30.4 Å². The van der Waals surface area contributed by atoms with Crippen LogP contribution in [-0.2, 0) is 29.2 Å². The number of rotatable bonds is 10. The molecule has 0 spiro atoms. The summed E-state index contributed by atoms with van der Waals surface area (Å²) < 4.78 is 0. The van der Waals surface area contributed by atoms with E-state index >= 15 is 0 Å². The Bertz CT molecular complexity index is 819. The highest BCUT2D eigenvalue weighted by Gasteiger charge is 2.15. The monoisotopic (exact) mass is 373 g/mol. The van der Waals surface area contributed by atoms with Crippen LogP contribution in [0.1, 0.15) is 36.0 Å². The summed E-state index contributed by atoms with van der Waals surface area (Å²) in [4.78, 5) is 18.7. The first kappa shape index (κ1) is 19.8. The van der Waals surface area contributed by atoms with Gasteiger partial charge in [-0.3, -0.25) is 9.63 Å². The third-order valence-electron chi connectivity index (χ3n) is 4.63. The molecule has 0 aliphatic carbocycles. The third-order valence-corrected chi connectivity index (χ3v) is 4.63. The smallest absolute Gasteiger partial charge is 0.246 e. The molecule has 0 fully saturated rings. The quantitative estimate of drug-likeness (QED) is 0.344. The molecule has 3 aromatic rings. The number of amides is 1. The fourth-order valence-electron chi connectivity index (χ4n) is 3.06. The average Bonchev–Trinajstić information content (AvgIpc) is 2.76. The van der Waals surface area contributed by atoms with E-state index < -0.39 is 0 Å². The van der Waals surface area contributed by atoms with E-state index in [9.17, 15) is 4.79 Å². The summed E-state index contributed by atoms with van der Waals surface area (Å²) >= 11 is 0. The van der Waals surface area contributed by atoms with Gasteiger partial charge in [-0.25, -0.2) is 5.06 Å². The van der Waals surface area contributed by atoms with Crippen LogP contribution in [0.5, 0.6) is 0 Å². The van der Waals surface area contributed by atoms with Gasteiger partial charge in [0.15, 0.2) is 0 Å². The zero-order valence-corrected chi connectivity index (χ0v) is 16.2. The number of hydroxylamine groups is 2. The second kappa shape index (κ2) is 11.1. The summed E-state index contributed by atoms with van der Waals surface area (Å²) in [6.07, 6.45) is 3.34. The van der Waals surface area contributed by atoms with Gasteiger partial charge in [0.1, 0.15) is 6.61 Å². The summed E-state index contributed by atoms with van der Waals surface area (Å²) in [6, 6.07) is 30.3. The Morgan fingerprint density at radius 1 is 0.679 bits per heavy atom. The zero-order valence-electron chi connectivity index (χ0n) is 16.2. The molecule has 3 heteroatoms. The van der Waals surface area contributed by atoms with Crippen LogP contribution in [0, 0.1) is 0 Å². The van der Waals surface area contributed by atoms with Crippen molar-refractivity contribution in [2.45, 2.75) is 38.8 Å². The number of carbonyl (C=O) groups excluding carboxylic acids is 1. The van der Waals surface area contributed by atoms with Crippen LogP contribution in [0.2, 0.25) is 0 Å². The van der Waals surface area contributed by atoms with Gasteiger partial charge >= 0.3 is 0 Å². The number of unbranched alkanes of at least 4 members (excludes halogenated alkanes) is 1. The first-order chi connectivity index (χ1) is 13.8. The second-order valence-corrected chi connectivity index (χ2v) is 6.87. The topological polar surface area (TPSA) is 29.5 Å². The van der Waals surface area contributed by atoms with Crippen molar-refractivity contribution in [1.82, 2.24) is 5.06 Å². The lowest BCUT2D eigenvalue weighted by atomic mass is 10.1. The largest absolute Gasteiger partial charge is 0.273 e. The standard InChI is InChI=1S/C25H27NO2/c27-25(19-11-10-14-22-12-4-1-5-13-22)26(20-23-15-6-2-7-16-23)28-21-24-17-8-3-9-18-24/h1-9,12-13,15-18H,10-11,14,19-21H2. The van der Waals surface area contributed by atoms with Crippen LogP contribution in [-0.4, -0.2) is 11.0 Å². The highest BCUT2D eigenvalue weighted by molar-refractivity contribution is 5.75. The first-order valence-electron chi connectivity index (χ1n) is 9.86. The van der Waals surface area contributed by atoms with E-state index in [0.29, 0.717) is 19.6 Å². The Labute approximate surface area is 167 Å². The third kappa shape index (κ3) is 6.67. The van der Waals surface area contributed by atoms with Gasteiger partial charge in [-0.1, -0.05) is 91.0 Å². The molecule has 3 nitrogen and oxygen atoms in total. The number of nitrogens with zero attached hydrogens (tertiary/aromatic N) is 1. The van der Waals surface area contributed by atoms with Crippen LogP contribution in [0.4, 0.5) is 0 Å². The summed E-state index contributed by atoms with van der Waals surface area (Å²) in [6.45, 7) is 0.856. The lowest BCUT2D eigenvalue weighted by Gasteiger charge is -2.22. The predicted octanol–water partition coefficient (Wildman–Crippen LogP) is 5.56. The van der Waals surface area contributed by atoms with E-state index in [4.69, 9.17) is 4.84 Å². The Hall–Kier alpha value is -2.91. The van der Waals surface area contributed by atoms with E-state index in [1.54, 1.807) is 0 Å². The highest BCUT2D eigenvalue weighted by Crippen LogP contribution is 2.13. The minimum Gasteiger partial charge on any atom is -0.273 e. The average molecular weight is 373 g/mol. The number of hydrogen-bond donors (Lipinski definition) is 0. The number of hydrogen-bond acceptors (Lipinski definition) is 2. The SMILES string of the molecule is O=C(CCCCc1ccccc1)N(Cc1ccccc1)OCc1ccccc1. The van der Waals surface area contributed by atoms with Crippen molar-refractivity contribution in [3.05, 3.63) is 108 Å². The summed E-state index contributed by atoms with van der Waals surface area (Å²) in [5.41, 5.74) is 3.43. The molecule has 0 saturated carbocycles. The van der Waals surface area contributed by atoms with Crippen molar-refractivity contribution in [2.75, 3.05) is 0 Å². The lowest BCUT2D eigenvalue weighted by molar-refractivity contribution is -0.195. The Morgan fingerprint density at radius 3 is 1.82 bits per heavy atom. The number of aryl methyl sites for hydroxylation is 1.